The number of aryl methyl sites for hydroxylation is 1. The van der Waals surface area contributed by atoms with E-state index in [1.165, 1.54) is 43.3 Å². The predicted octanol–water partition coefficient (Wildman–Crippen LogP) is 4.92. The molecule has 0 atom stereocenters. The van der Waals surface area contributed by atoms with E-state index in [4.69, 9.17) is 11.6 Å². The van der Waals surface area contributed by atoms with Crippen molar-refractivity contribution in [2.75, 3.05) is 10.0 Å². The molecule has 0 bridgehead atoms. The van der Waals surface area contributed by atoms with Crippen molar-refractivity contribution in [3.8, 4) is 0 Å². The van der Waals surface area contributed by atoms with Crippen molar-refractivity contribution in [3.63, 3.8) is 0 Å². The van der Waals surface area contributed by atoms with Crippen LogP contribution < -0.4 is 10.0 Å². The van der Waals surface area contributed by atoms with E-state index in [9.17, 15) is 23.3 Å². The normalized spacial score (nSPS) is 11.1. The Labute approximate surface area is 184 Å². The van der Waals surface area contributed by atoms with E-state index < -0.39 is 20.9 Å². The van der Waals surface area contributed by atoms with E-state index in [1.54, 1.807) is 31.2 Å². The first-order valence-corrected chi connectivity index (χ1v) is 10.9. The lowest BCUT2D eigenvalue weighted by Crippen LogP contribution is -2.17. The van der Waals surface area contributed by atoms with Crippen molar-refractivity contribution in [3.05, 3.63) is 92.5 Å². The van der Waals surface area contributed by atoms with Crippen LogP contribution in [0, 0.1) is 24.0 Å². The molecule has 0 heterocycles. The number of halogens is 1. The molecule has 160 valence electrons. The Kier molecular flexibility index (Phi) is 6.28. The van der Waals surface area contributed by atoms with Gasteiger partial charge in [-0.25, -0.2) is 8.42 Å². The molecule has 0 aliphatic heterocycles. The van der Waals surface area contributed by atoms with Crippen molar-refractivity contribution in [1.29, 1.82) is 0 Å². The molecule has 0 radical (unpaired) electrons. The van der Waals surface area contributed by atoms with Gasteiger partial charge >= 0.3 is 0 Å². The van der Waals surface area contributed by atoms with Crippen molar-refractivity contribution < 1.29 is 18.1 Å². The molecule has 0 aliphatic rings. The standard InChI is InChI=1S/C21H18ClN3O5S/c1-13-6-9-17(23-21(26)18-4-3-5-19(14(18)2)25(27)28)12-20(13)31(29,30)24-16-10-7-15(22)8-11-16/h3-12,24H,1-2H3,(H,23,26). The minimum absolute atomic E-state index is 0.0176. The van der Waals surface area contributed by atoms with E-state index in [1.807, 2.05) is 0 Å². The number of sulfonamides is 1. The van der Waals surface area contributed by atoms with Crippen LogP contribution in [0.25, 0.3) is 0 Å². The molecule has 0 aliphatic carbocycles. The van der Waals surface area contributed by atoms with E-state index in [-0.39, 0.29) is 27.4 Å². The van der Waals surface area contributed by atoms with Crippen LogP contribution in [0.1, 0.15) is 21.5 Å². The minimum atomic E-state index is -3.94. The van der Waals surface area contributed by atoms with Crippen LogP contribution in [0.3, 0.4) is 0 Å². The molecule has 31 heavy (non-hydrogen) atoms. The number of amides is 1. The maximum absolute atomic E-state index is 12.9. The van der Waals surface area contributed by atoms with Gasteiger partial charge in [-0.1, -0.05) is 23.7 Å². The first-order valence-electron chi connectivity index (χ1n) is 9.03. The van der Waals surface area contributed by atoms with E-state index in [0.717, 1.165) is 0 Å². The van der Waals surface area contributed by atoms with E-state index in [2.05, 4.69) is 10.0 Å². The summed E-state index contributed by atoms with van der Waals surface area (Å²) >= 11 is 5.83. The molecule has 0 spiro atoms. The number of carbonyl (C=O) groups excluding carboxylic acids is 1. The molecule has 1 amide bonds. The second kappa shape index (κ2) is 8.75. The summed E-state index contributed by atoms with van der Waals surface area (Å²) in [5, 5.41) is 14.2. The molecular formula is C21H18ClN3O5S. The molecule has 0 fully saturated rings. The summed E-state index contributed by atoms with van der Waals surface area (Å²) in [6.07, 6.45) is 0. The highest BCUT2D eigenvalue weighted by Crippen LogP contribution is 2.26. The number of rotatable bonds is 6. The average molecular weight is 460 g/mol. The number of carbonyl (C=O) groups is 1. The van der Waals surface area contributed by atoms with Gasteiger partial charge in [-0.15, -0.1) is 0 Å². The maximum atomic E-state index is 12.9. The molecule has 3 rings (SSSR count). The van der Waals surface area contributed by atoms with E-state index in [0.29, 0.717) is 16.3 Å². The van der Waals surface area contributed by atoms with Gasteiger partial charge in [-0.2, -0.15) is 0 Å². The summed E-state index contributed by atoms with van der Waals surface area (Å²) in [4.78, 5) is 23.2. The quantitative estimate of drug-likeness (QED) is 0.400. The Morgan fingerprint density at radius 2 is 1.65 bits per heavy atom. The monoisotopic (exact) mass is 459 g/mol. The summed E-state index contributed by atoms with van der Waals surface area (Å²) in [7, 11) is -3.94. The highest BCUT2D eigenvalue weighted by atomic mass is 35.5. The van der Waals surface area contributed by atoms with Crippen LogP contribution in [0.15, 0.2) is 65.6 Å². The molecule has 0 unspecified atom stereocenters. The number of nitrogens with one attached hydrogen (secondary N) is 2. The molecule has 0 aromatic heterocycles. The van der Waals surface area contributed by atoms with Crippen molar-refractivity contribution in [2.45, 2.75) is 18.7 Å². The summed E-state index contributed by atoms with van der Waals surface area (Å²) in [5.74, 6) is -0.584. The fourth-order valence-corrected chi connectivity index (χ4v) is 4.42. The van der Waals surface area contributed by atoms with Gasteiger partial charge in [0, 0.05) is 33.6 Å². The lowest BCUT2D eigenvalue weighted by atomic mass is 10.1. The molecule has 10 heteroatoms. The van der Waals surface area contributed by atoms with Gasteiger partial charge in [0.1, 0.15) is 0 Å². The fourth-order valence-electron chi connectivity index (χ4n) is 2.96. The third kappa shape index (κ3) is 5.01. The summed E-state index contributed by atoms with van der Waals surface area (Å²) < 4.78 is 28.2. The zero-order chi connectivity index (χ0) is 22.8. The second-order valence-electron chi connectivity index (χ2n) is 6.75. The molecule has 3 aromatic carbocycles. The molecular weight excluding hydrogens is 442 g/mol. The minimum Gasteiger partial charge on any atom is -0.322 e. The predicted molar refractivity (Wildman–Crippen MR) is 119 cm³/mol. The van der Waals surface area contributed by atoms with Gasteiger partial charge in [-0.3, -0.25) is 19.6 Å². The molecule has 3 aromatic rings. The number of nitro groups is 1. The fraction of sp³-hybridized carbons (Fsp3) is 0.0952. The number of nitrogens with zero attached hydrogens (tertiary/aromatic N) is 1. The summed E-state index contributed by atoms with van der Waals surface area (Å²) in [6.45, 7) is 3.11. The van der Waals surface area contributed by atoms with Crippen molar-refractivity contribution in [2.24, 2.45) is 0 Å². The second-order valence-corrected chi connectivity index (χ2v) is 8.84. The SMILES string of the molecule is Cc1ccc(NC(=O)c2cccc([N+](=O)[O-])c2C)cc1S(=O)(=O)Nc1ccc(Cl)cc1. The maximum Gasteiger partial charge on any atom is 0.273 e. The number of hydrogen-bond acceptors (Lipinski definition) is 5. The summed E-state index contributed by atoms with van der Waals surface area (Å²) in [6, 6.07) is 14.8. The molecule has 0 saturated heterocycles. The molecule has 2 N–H and O–H groups in total. The Bertz CT molecular complexity index is 1270. The summed E-state index contributed by atoms with van der Waals surface area (Å²) in [5.41, 5.74) is 1.22. The topological polar surface area (TPSA) is 118 Å². The van der Waals surface area contributed by atoms with Crippen LogP contribution >= 0.6 is 11.6 Å². The Balaban J connectivity index is 1.89. The third-order valence-corrected chi connectivity index (χ3v) is 6.35. The average Bonchev–Trinajstić information content (AvgIpc) is 2.70. The molecule has 0 saturated carbocycles. The highest BCUT2D eigenvalue weighted by molar-refractivity contribution is 7.92. The van der Waals surface area contributed by atoms with Crippen molar-refractivity contribution in [1.82, 2.24) is 0 Å². The number of benzene rings is 3. The Hall–Kier alpha value is -3.43. The Morgan fingerprint density at radius 1 is 1.00 bits per heavy atom. The first-order chi connectivity index (χ1) is 14.6. The van der Waals surface area contributed by atoms with Gasteiger partial charge in [0.05, 0.1) is 9.82 Å². The zero-order valence-electron chi connectivity index (χ0n) is 16.5. The lowest BCUT2D eigenvalue weighted by molar-refractivity contribution is -0.385. The van der Waals surface area contributed by atoms with Crippen LogP contribution in [0.2, 0.25) is 5.02 Å². The van der Waals surface area contributed by atoms with Crippen LogP contribution in [0.4, 0.5) is 17.1 Å². The van der Waals surface area contributed by atoms with Crippen LogP contribution in [0.5, 0.6) is 0 Å². The van der Waals surface area contributed by atoms with Gasteiger partial charge in [-0.05, 0) is 61.9 Å². The third-order valence-electron chi connectivity index (χ3n) is 4.58. The van der Waals surface area contributed by atoms with E-state index >= 15 is 0 Å². The van der Waals surface area contributed by atoms with Gasteiger partial charge in [0.2, 0.25) is 0 Å². The van der Waals surface area contributed by atoms with Gasteiger partial charge in [0.15, 0.2) is 0 Å². The highest BCUT2D eigenvalue weighted by Gasteiger charge is 2.21. The number of hydrogen-bond donors (Lipinski definition) is 2. The number of anilines is 2. The first kappa shape index (κ1) is 22.3. The smallest absolute Gasteiger partial charge is 0.273 e. The Morgan fingerprint density at radius 3 is 2.29 bits per heavy atom. The lowest BCUT2D eigenvalue weighted by Gasteiger charge is -2.13. The zero-order valence-corrected chi connectivity index (χ0v) is 18.1. The van der Waals surface area contributed by atoms with Crippen LogP contribution in [-0.4, -0.2) is 19.2 Å². The van der Waals surface area contributed by atoms with Gasteiger partial charge in [0.25, 0.3) is 21.6 Å². The largest absolute Gasteiger partial charge is 0.322 e. The van der Waals surface area contributed by atoms with Crippen LogP contribution in [-0.2, 0) is 10.0 Å². The van der Waals surface area contributed by atoms with Gasteiger partial charge < -0.3 is 5.32 Å². The number of nitro benzene ring substituents is 1. The molecule has 8 nitrogen and oxygen atoms in total. The van der Waals surface area contributed by atoms with Crippen molar-refractivity contribution >= 4 is 44.6 Å².